The van der Waals surface area contributed by atoms with Crippen molar-refractivity contribution in [3.05, 3.63) is 59.7 Å². The van der Waals surface area contributed by atoms with E-state index in [0.717, 1.165) is 11.8 Å². The number of rotatable bonds is 7. The highest BCUT2D eigenvalue weighted by Crippen LogP contribution is 2.21. The van der Waals surface area contributed by atoms with Crippen LogP contribution in [0.3, 0.4) is 0 Å². The van der Waals surface area contributed by atoms with Gasteiger partial charge in [0.15, 0.2) is 0 Å². The number of anilines is 1. The van der Waals surface area contributed by atoms with E-state index in [2.05, 4.69) is 5.32 Å². The molecule has 0 aliphatic carbocycles. The minimum Gasteiger partial charge on any atom is -0.496 e. The Labute approximate surface area is 148 Å². The van der Waals surface area contributed by atoms with Crippen molar-refractivity contribution in [2.75, 3.05) is 30.8 Å². The Hall–Kier alpha value is -2.54. The van der Waals surface area contributed by atoms with Crippen LogP contribution in [0.4, 0.5) is 5.69 Å². The molecule has 1 amide bonds. The highest BCUT2D eigenvalue weighted by atomic mass is 32.2. The van der Waals surface area contributed by atoms with Crippen molar-refractivity contribution in [2.24, 2.45) is 0 Å². The van der Waals surface area contributed by atoms with E-state index >= 15 is 0 Å². The molecule has 1 N–H and O–H groups in total. The molecule has 0 atom stereocenters. The SMILES string of the molecule is COc1ccccc1C(=O)NCCN(c1ccccc1C)S(C)(=O)=O. The minimum absolute atomic E-state index is 0.143. The first kappa shape index (κ1) is 18.8. The summed E-state index contributed by atoms with van der Waals surface area (Å²) < 4.78 is 30.7. The van der Waals surface area contributed by atoms with Gasteiger partial charge in [-0.05, 0) is 30.7 Å². The summed E-state index contributed by atoms with van der Waals surface area (Å²) in [5, 5.41) is 2.74. The fraction of sp³-hybridized carbons (Fsp3) is 0.278. The summed E-state index contributed by atoms with van der Waals surface area (Å²) in [5.74, 6) is 0.162. The number of carbonyl (C=O) groups excluding carboxylic acids is 1. The number of sulfonamides is 1. The van der Waals surface area contributed by atoms with Crippen molar-refractivity contribution in [1.29, 1.82) is 0 Å². The molecule has 0 aromatic heterocycles. The maximum absolute atomic E-state index is 12.3. The molecule has 0 saturated heterocycles. The first-order chi connectivity index (χ1) is 11.8. The van der Waals surface area contributed by atoms with Crippen molar-refractivity contribution in [1.82, 2.24) is 5.32 Å². The molecule has 7 heteroatoms. The van der Waals surface area contributed by atoms with Crippen LogP contribution in [0, 0.1) is 6.92 Å². The van der Waals surface area contributed by atoms with Crippen LogP contribution in [0.1, 0.15) is 15.9 Å². The monoisotopic (exact) mass is 362 g/mol. The summed E-state index contributed by atoms with van der Waals surface area (Å²) in [6.45, 7) is 2.17. The number of aryl methyl sites for hydroxylation is 1. The zero-order valence-corrected chi connectivity index (χ0v) is 15.3. The van der Waals surface area contributed by atoms with Crippen LogP contribution >= 0.6 is 0 Å². The second-order valence-electron chi connectivity index (χ2n) is 5.58. The molecular weight excluding hydrogens is 340 g/mol. The molecular formula is C18H22N2O4S. The normalized spacial score (nSPS) is 11.0. The molecule has 0 aliphatic heterocycles. The maximum atomic E-state index is 12.3. The number of nitrogens with one attached hydrogen (secondary N) is 1. The molecule has 2 aromatic carbocycles. The molecule has 0 fully saturated rings. The zero-order chi connectivity index (χ0) is 18.4. The van der Waals surface area contributed by atoms with Crippen LogP contribution in [-0.4, -0.2) is 40.8 Å². The first-order valence-electron chi connectivity index (χ1n) is 7.79. The fourth-order valence-electron chi connectivity index (χ4n) is 2.51. The maximum Gasteiger partial charge on any atom is 0.255 e. The lowest BCUT2D eigenvalue weighted by atomic mass is 10.2. The number of hydrogen-bond acceptors (Lipinski definition) is 4. The highest BCUT2D eigenvalue weighted by molar-refractivity contribution is 7.92. The molecule has 2 rings (SSSR count). The lowest BCUT2D eigenvalue weighted by Gasteiger charge is -2.24. The third kappa shape index (κ3) is 4.73. The Morgan fingerprint density at radius 1 is 1.12 bits per heavy atom. The molecule has 0 heterocycles. The quantitative estimate of drug-likeness (QED) is 0.819. The summed E-state index contributed by atoms with van der Waals surface area (Å²) in [7, 11) is -1.96. The van der Waals surface area contributed by atoms with E-state index in [-0.39, 0.29) is 19.0 Å². The van der Waals surface area contributed by atoms with Crippen molar-refractivity contribution < 1.29 is 17.9 Å². The third-order valence-electron chi connectivity index (χ3n) is 3.74. The highest BCUT2D eigenvalue weighted by Gasteiger charge is 2.19. The van der Waals surface area contributed by atoms with E-state index in [4.69, 9.17) is 4.74 Å². The van der Waals surface area contributed by atoms with Gasteiger partial charge in [0.1, 0.15) is 5.75 Å². The van der Waals surface area contributed by atoms with Gasteiger partial charge in [0, 0.05) is 6.54 Å². The van der Waals surface area contributed by atoms with Gasteiger partial charge in [0.25, 0.3) is 5.91 Å². The summed E-state index contributed by atoms with van der Waals surface area (Å²) in [6.07, 6.45) is 1.15. The fourth-order valence-corrected chi connectivity index (χ4v) is 3.49. The number of benzene rings is 2. The van der Waals surface area contributed by atoms with E-state index in [1.807, 2.05) is 19.1 Å². The Morgan fingerprint density at radius 3 is 2.40 bits per heavy atom. The standard InChI is InChI=1S/C18H22N2O4S/c1-14-8-4-6-10-16(14)20(25(3,22)23)13-12-19-18(21)15-9-5-7-11-17(15)24-2/h4-11H,12-13H2,1-3H3,(H,19,21). The molecule has 6 nitrogen and oxygen atoms in total. The van der Waals surface area contributed by atoms with Gasteiger partial charge < -0.3 is 10.1 Å². The van der Waals surface area contributed by atoms with Crippen molar-refractivity contribution >= 4 is 21.6 Å². The van der Waals surface area contributed by atoms with Gasteiger partial charge in [0.05, 0.1) is 31.2 Å². The molecule has 0 unspecified atom stereocenters. The smallest absolute Gasteiger partial charge is 0.255 e. The van der Waals surface area contributed by atoms with E-state index in [9.17, 15) is 13.2 Å². The van der Waals surface area contributed by atoms with E-state index in [1.54, 1.807) is 36.4 Å². The molecule has 0 saturated carbocycles. The molecule has 25 heavy (non-hydrogen) atoms. The summed E-state index contributed by atoms with van der Waals surface area (Å²) in [6, 6.07) is 14.1. The van der Waals surface area contributed by atoms with Gasteiger partial charge in [0.2, 0.25) is 10.0 Å². The average molecular weight is 362 g/mol. The molecule has 134 valence electrons. The Morgan fingerprint density at radius 2 is 1.76 bits per heavy atom. The van der Waals surface area contributed by atoms with E-state index < -0.39 is 10.0 Å². The van der Waals surface area contributed by atoms with Crippen LogP contribution in [0.2, 0.25) is 0 Å². The number of methoxy groups -OCH3 is 1. The van der Waals surface area contributed by atoms with Gasteiger partial charge in [-0.2, -0.15) is 0 Å². The predicted octanol–water partition coefficient (Wildman–Crippen LogP) is 2.20. The van der Waals surface area contributed by atoms with Crippen LogP contribution < -0.4 is 14.4 Å². The minimum atomic E-state index is -3.46. The lowest BCUT2D eigenvalue weighted by molar-refractivity contribution is 0.0952. The second kappa shape index (κ2) is 8.02. The third-order valence-corrected chi connectivity index (χ3v) is 4.92. The number of ether oxygens (including phenoxy) is 1. The summed E-state index contributed by atoms with van der Waals surface area (Å²) >= 11 is 0. The van der Waals surface area contributed by atoms with Crippen molar-refractivity contribution in [3.8, 4) is 5.75 Å². The molecule has 0 spiro atoms. The van der Waals surface area contributed by atoms with Gasteiger partial charge >= 0.3 is 0 Å². The van der Waals surface area contributed by atoms with Gasteiger partial charge in [-0.3, -0.25) is 9.10 Å². The number of para-hydroxylation sites is 2. The first-order valence-corrected chi connectivity index (χ1v) is 9.64. The van der Waals surface area contributed by atoms with E-state index in [0.29, 0.717) is 17.0 Å². The number of hydrogen-bond donors (Lipinski definition) is 1. The largest absolute Gasteiger partial charge is 0.496 e. The van der Waals surface area contributed by atoms with Crippen LogP contribution in [0.25, 0.3) is 0 Å². The van der Waals surface area contributed by atoms with E-state index in [1.165, 1.54) is 11.4 Å². The Kier molecular flexibility index (Phi) is 6.03. The average Bonchev–Trinajstić information content (AvgIpc) is 2.58. The number of amides is 1. The number of carbonyl (C=O) groups is 1. The molecule has 0 radical (unpaired) electrons. The molecule has 0 bridgehead atoms. The topological polar surface area (TPSA) is 75.7 Å². The molecule has 0 aliphatic rings. The summed E-state index contributed by atoms with van der Waals surface area (Å²) in [4.78, 5) is 12.3. The van der Waals surface area contributed by atoms with Gasteiger partial charge in [-0.25, -0.2) is 8.42 Å². The predicted molar refractivity (Wildman–Crippen MR) is 98.7 cm³/mol. The Balaban J connectivity index is 2.10. The van der Waals surface area contributed by atoms with Crippen LogP contribution in [0.5, 0.6) is 5.75 Å². The zero-order valence-electron chi connectivity index (χ0n) is 14.5. The number of nitrogens with zero attached hydrogens (tertiary/aromatic N) is 1. The second-order valence-corrected chi connectivity index (χ2v) is 7.48. The molecule has 2 aromatic rings. The lowest BCUT2D eigenvalue weighted by Crippen LogP contribution is -2.38. The van der Waals surface area contributed by atoms with Crippen molar-refractivity contribution in [3.63, 3.8) is 0 Å². The van der Waals surface area contributed by atoms with Crippen LogP contribution in [0.15, 0.2) is 48.5 Å². The van der Waals surface area contributed by atoms with Crippen molar-refractivity contribution in [2.45, 2.75) is 6.92 Å². The van der Waals surface area contributed by atoms with Crippen LogP contribution in [-0.2, 0) is 10.0 Å². The van der Waals surface area contributed by atoms with Gasteiger partial charge in [-0.15, -0.1) is 0 Å². The van der Waals surface area contributed by atoms with Gasteiger partial charge in [-0.1, -0.05) is 30.3 Å². The summed E-state index contributed by atoms with van der Waals surface area (Å²) in [5.41, 5.74) is 1.87. The Bertz CT molecular complexity index is 850.